The largest absolute Gasteiger partial charge is 0.445 e. The van der Waals surface area contributed by atoms with Crippen LogP contribution in [0.4, 0.5) is 15.3 Å². The Bertz CT molecular complexity index is 2710. The number of ether oxygens (including phenoxy) is 3. The lowest BCUT2D eigenvalue weighted by Crippen LogP contribution is -2.54. The maximum Gasteiger partial charge on any atom is 0.410 e. The van der Waals surface area contributed by atoms with E-state index in [1.54, 1.807) is 63.6 Å². The Hall–Kier alpha value is -6.62. The third-order valence-corrected chi connectivity index (χ3v) is 18.5. The van der Waals surface area contributed by atoms with Crippen molar-refractivity contribution in [2.24, 2.45) is 52.9 Å². The van der Waals surface area contributed by atoms with E-state index in [1.165, 1.54) is 23.3 Å². The van der Waals surface area contributed by atoms with Crippen molar-refractivity contribution in [2.75, 3.05) is 59.8 Å². The molecule has 3 aromatic rings. The summed E-state index contributed by atoms with van der Waals surface area (Å²) in [7, 11) is 6.34. The molecule has 1 aromatic heterocycles. The normalized spacial score (nSPS) is 16.6. The molecular formula is C67H103N9O12S. The summed E-state index contributed by atoms with van der Waals surface area (Å²) < 4.78 is 18.0. The monoisotopic (exact) mass is 1260 g/mol. The van der Waals surface area contributed by atoms with E-state index in [0.29, 0.717) is 56.4 Å². The van der Waals surface area contributed by atoms with Crippen molar-refractivity contribution in [3.63, 3.8) is 0 Å². The van der Waals surface area contributed by atoms with Crippen molar-refractivity contribution in [3.05, 3.63) is 82.3 Å². The second kappa shape index (κ2) is 38.2. The minimum atomic E-state index is -0.942. The van der Waals surface area contributed by atoms with Crippen LogP contribution in [0.25, 0.3) is 0 Å². The van der Waals surface area contributed by atoms with Gasteiger partial charge < -0.3 is 56.3 Å². The van der Waals surface area contributed by atoms with Gasteiger partial charge in [-0.2, -0.15) is 0 Å². The van der Waals surface area contributed by atoms with Crippen molar-refractivity contribution >= 4 is 70.1 Å². The van der Waals surface area contributed by atoms with Gasteiger partial charge in [-0.15, -0.1) is 11.3 Å². The molecular weight excluding hydrogens is 1150 g/mol. The number of methoxy groups -OCH3 is 2. The summed E-state index contributed by atoms with van der Waals surface area (Å²) in [6.45, 7) is 16.0. The number of nitrogens with one attached hydrogen (secondary N) is 3. The molecule has 22 heteroatoms. The number of carbonyl (C=O) groups excluding carboxylic acids is 9. The van der Waals surface area contributed by atoms with Crippen molar-refractivity contribution in [1.29, 1.82) is 0 Å². The molecule has 2 aromatic carbocycles. The van der Waals surface area contributed by atoms with Gasteiger partial charge in [0.2, 0.25) is 23.6 Å². The number of nitrogens with two attached hydrogens (primary N) is 2. The number of carbonyl (C=O) groups is 9. The molecule has 0 saturated carbocycles. The molecule has 0 radical (unpaired) electrons. The number of ketones is 3. The zero-order chi connectivity index (χ0) is 65.9. The summed E-state index contributed by atoms with van der Waals surface area (Å²) in [4.78, 5) is 132. The molecule has 89 heavy (non-hydrogen) atoms. The molecule has 0 spiro atoms. The van der Waals surface area contributed by atoms with E-state index in [4.69, 9.17) is 25.7 Å². The van der Waals surface area contributed by atoms with Crippen LogP contribution in [0.1, 0.15) is 154 Å². The van der Waals surface area contributed by atoms with E-state index in [1.807, 2.05) is 76.9 Å². The number of hydrogen-bond acceptors (Lipinski definition) is 15. The standard InChI is InChI=1S/C67H103N9O12S/c1-13-44(6)60(57(86-11)39-58(80)76-33-20-25-54(76)61(87-12)46(8)55(78)37-50(64-70-32-34-89-64)35-47-22-15-14-16-23-47)74(9)65(83)53(42(2)3)38-56(79)59(43(4)5)75(10)67(85)88-41-48-26-28-51(29-27-48)73-63(82)49(24-19-31-71-66(69)84)36-52(77)40-72-62(81)45(7)21-17-18-30-68/h14-16,22-23,26-29,32,34,42-46,49-50,53-54,57,59-61H,13,17-21,24-25,30-31,33,35-41,68H2,1-12H3,(H,72,81)(H,73,82)(H3,69,71,84)/t44-,45-,46-,49+,50+,53-,54-,57+,59-,60-,61+/m0/s1. The zero-order valence-electron chi connectivity index (χ0n) is 54.8. The number of hydrogen-bond donors (Lipinski definition) is 5. The summed E-state index contributed by atoms with van der Waals surface area (Å²) >= 11 is 1.54. The molecule has 1 fully saturated rings. The number of Topliss-reactive ketones (excluding diaryl/α,β-unsaturated/α-hetero) is 3. The van der Waals surface area contributed by atoms with Crippen molar-refractivity contribution < 1.29 is 57.4 Å². The molecule has 494 valence electrons. The predicted octanol–water partition coefficient (Wildman–Crippen LogP) is 8.72. The van der Waals surface area contributed by atoms with Crippen LogP contribution < -0.4 is 27.4 Å². The molecule has 1 aliphatic heterocycles. The van der Waals surface area contributed by atoms with Gasteiger partial charge in [-0.3, -0.25) is 33.6 Å². The highest BCUT2D eigenvalue weighted by atomic mass is 32.1. The lowest BCUT2D eigenvalue weighted by Gasteiger charge is -2.41. The lowest BCUT2D eigenvalue weighted by atomic mass is 9.83. The summed E-state index contributed by atoms with van der Waals surface area (Å²) in [5.41, 5.74) is 12.9. The molecule has 0 aliphatic carbocycles. The summed E-state index contributed by atoms with van der Waals surface area (Å²) in [5.74, 6) is -4.96. The number of nitrogens with zero attached hydrogens (tertiary/aromatic N) is 4. The number of urea groups is 1. The van der Waals surface area contributed by atoms with E-state index in [0.717, 1.165) is 29.8 Å². The number of likely N-dealkylation sites (N-methyl/N-ethyl adjacent to an activating group) is 2. The Morgan fingerprint density at radius 3 is 2.07 bits per heavy atom. The van der Waals surface area contributed by atoms with Crippen LogP contribution in [0.15, 0.2) is 66.2 Å². The highest BCUT2D eigenvalue weighted by Gasteiger charge is 2.44. The first kappa shape index (κ1) is 74.8. The van der Waals surface area contributed by atoms with E-state index in [-0.39, 0.29) is 123 Å². The molecule has 1 aliphatic rings. The van der Waals surface area contributed by atoms with Crippen LogP contribution in [0.5, 0.6) is 0 Å². The van der Waals surface area contributed by atoms with Gasteiger partial charge >= 0.3 is 12.1 Å². The topological polar surface area (TPSA) is 292 Å². The summed E-state index contributed by atoms with van der Waals surface area (Å²) in [6.07, 6.45) is 5.27. The van der Waals surface area contributed by atoms with Gasteiger partial charge in [0.15, 0.2) is 11.6 Å². The van der Waals surface area contributed by atoms with Crippen LogP contribution in [0, 0.1) is 41.4 Å². The molecule has 4 rings (SSSR count). The van der Waals surface area contributed by atoms with E-state index >= 15 is 0 Å². The summed E-state index contributed by atoms with van der Waals surface area (Å²) in [6, 6.07) is 14.1. The number of amides is 7. The number of rotatable bonds is 40. The SMILES string of the molecule is CC[C@H](C)[C@@H]([C@@H](CC(=O)N1CCC[C@H]1[C@H](OC)[C@@H](C)C(=O)C[C@@H](Cc1ccccc1)c1nccs1)OC)N(C)C(=O)[C@@H](CC(=O)[C@H](C(C)C)N(C)C(=O)OCc1ccc(NC(=O)[C@H](CCCNC(N)=O)CC(=O)CNC(=O)[C@@H](C)CCCCN)cc1)C(C)C. The van der Waals surface area contributed by atoms with Crippen LogP contribution in [-0.4, -0.2) is 158 Å². The fourth-order valence-electron chi connectivity index (χ4n) is 12.2. The average Bonchev–Trinajstić information content (AvgIpc) is 2.36. The molecule has 2 heterocycles. The van der Waals surface area contributed by atoms with E-state index < -0.39 is 60.1 Å². The first-order valence-corrected chi connectivity index (χ1v) is 32.7. The quantitative estimate of drug-likeness (QED) is 0.0333. The molecule has 7 N–H and O–H groups in total. The highest BCUT2D eigenvalue weighted by molar-refractivity contribution is 7.09. The molecule has 0 bridgehead atoms. The Balaban J connectivity index is 1.39. The highest BCUT2D eigenvalue weighted by Crippen LogP contribution is 2.34. The van der Waals surface area contributed by atoms with Gasteiger partial charge in [0.25, 0.3) is 0 Å². The average molecular weight is 1260 g/mol. The fourth-order valence-corrected chi connectivity index (χ4v) is 12.9. The van der Waals surface area contributed by atoms with E-state index in [9.17, 15) is 43.2 Å². The first-order valence-electron chi connectivity index (χ1n) is 31.8. The second-order valence-corrected chi connectivity index (χ2v) is 25.8. The van der Waals surface area contributed by atoms with Crippen LogP contribution in [0.2, 0.25) is 0 Å². The van der Waals surface area contributed by atoms with Gasteiger partial charge in [0, 0.05) is 108 Å². The minimum Gasteiger partial charge on any atom is -0.445 e. The van der Waals surface area contributed by atoms with Gasteiger partial charge in [-0.05, 0) is 92.5 Å². The van der Waals surface area contributed by atoms with Gasteiger partial charge in [0.1, 0.15) is 12.4 Å². The fraction of sp³-hybridized carbons (Fsp3) is 0.642. The Labute approximate surface area is 532 Å². The number of aromatic nitrogens is 1. The Kier molecular flexibility index (Phi) is 32.1. The Morgan fingerprint density at radius 1 is 0.775 bits per heavy atom. The van der Waals surface area contributed by atoms with Crippen molar-refractivity contribution in [3.8, 4) is 0 Å². The lowest BCUT2D eigenvalue weighted by molar-refractivity contribution is -0.149. The Morgan fingerprint density at radius 2 is 1.47 bits per heavy atom. The number of primary amides is 1. The third-order valence-electron chi connectivity index (χ3n) is 17.6. The molecule has 1 saturated heterocycles. The zero-order valence-corrected chi connectivity index (χ0v) is 55.7. The number of likely N-dealkylation sites (tertiary alicyclic amines) is 1. The van der Waals surface area contributed by atoms with Crippen LogP contribution in [0.3, 0.4) is 0 Å². The molecule has 21 nitrogen and oxygen atoms in total. The molecule has 11 atom stereocenters. The predicted molar refractivity (Wildman–Crippen MR) is 345 cm³/mol. The maximum atomic E-state index is 14.9. The van der Waals surface area contributed by atoms with E-state index in [2.05, 4.69) is 33.1 Å². The second-order valence-electron chi connectivity index (χ2n) is 24.9. The van der Waals surface area contributed by atoms with Gasteiger partial charge in [0.05, 0.1) is 48.3 Å². The number of unbranched alkanes of at least 4 members (excludes halogenated alkanes) is 1. The number of benzene rings is 2. The maximum absolute atomic E-state index is 14.9. The summed E-state index contributed by atoms with van der Waals surface area (Å²) in [5, 5.41) is 10.8. The van der Waals surface area contributed by atoms with Crippen molar-refractivity contribution in [2.45, 2.75) is 182 Å². The molecule has 0 unspecified atom stereocenters. The van der Waals surface area contributed by atoms with Gasteiger partial charge in [-0.1, -0.05) is 111 Å². The first-order chi connectivity index (χ1) is 42.4. The smallest absolute Gasteiger partial charge is 0.410 e. The number of anilines is 1. The molecule has 7 amide bonds. The van der Waals surface area contributed by atoms with Crippen molar-refractivity contribution in [1.82, 2.24) is 30.3 Å². The number of thiazole rings is 1. The van der Waals surface area contributed by atoms with Crippen LogP contribution >= 0.6 is 11.3 Å². The minimum absolute atomic E-state index is 0.0275. The van der Waals surface area contributed by atoms with Gasteiger partial charge in [-0.25, -0.2) is 14.6 Å². The third kappa shape index (κ3) is 23.3. The van der Waals surface area contributed by atoms with Crippen LogP contribution in [-0.2, 0) is 60.8 Å².